The summed E-state index contributed by atoms with van der Waals surface area (Å²) < 4.78 is 10.8. The van der Waals surface area contributed by atoms with Gasteiger partial charge >= 0.3 is 0 Å². The molecule has 0 spiro atoms. The maximum atomic E-state index is 6.13. The van der Waals surface area contributed by atoms with Crippen molar-refractivity contribution in [3.05, 3.63) is 53.8 Å². The Morgan fingerprint density at radius 3 is 2.83 bits per heavy atom. The van der Waals surface area contributed by atoms with E-state index in [2.05, 4.69) is 6.26 Å². The highest BCUT2D eigenvalue weighted by molar-refractivity contribution is 6.31. The second kappa shape index (κ2) is 4.39. The van der Waals surface area contributed by atoms with E-state index in [1.54, 1.807) is 13.2 Å². The van der Waals surface area contributed by atoms with Gasteiger partial charge in [0.1, 0.15) is 11.3 Å². The summed E-state index contributed by atoms with van der Waals surface area (Å²) in [5.41, 5.74) is 2.64. The highest BCUT2D eigenvalue weighted by Crippen LogP contribution is 2.37. The molecule has 0 aliphatic heterocycles. The third-order valence-corrected chi connectivity index (χ3v) is 3.07. The molecule has 3 heteroatoms. The standard InChI is InChI=1S/C15H10ClO2/c1-17-14-5-3-2-4-12(14)13-9-11(16)8-10-6-7-18-15(10)13/h2-6,8-9H,1H3. The molecule has 0 aliphatic carbocycles. The molecule has 0 fully saturated rings. The minimum atomic E-state index is 0.665. The molecule has 0 aliphatic rings. The number of benzene rings is 2. The zero-order chi connectivity index (χ0) is 12.5. The molecule has 0 atom stereocenters. The van der Waals surface area contributed by atoms with Gasteiger partial charge in [-0.25, -0.2) is 0 Å². The highest BCUT2D eigenvalue weighted by atomic mass is 35.5. The van der Waals surface area contributed by atoms with E-state index < -0.39 is 0 Å². The molecule has 0 unspecified atom stereocenters. The number of hydrogen-bond donors (Lipinski definition) is 0. The average Bonchev–Trinajstić information content (AvgIpc) is 2.85. The summed E-state index contributed by atoms with van der Waals surface area (Å²) in [6.07, 6.45) is 2.74. The lowest BCUT2D eigenvalue weighted by Crippen LogP contribution is -1.87. The van der Waals surface area contributed by atoms with Crippen LogP contribution in [0.15, 0.2) is 46.9 Å². The van der Waals surface area contributed by atoms with E-state index >= 15 is 0 Å². The van der Waals surface area contributed by atoms with E-state index in [9.17, 15) is 0 Å². The lowest BCUT2D eigenvalue weighted by atomic mass is 10.0. The first-order valence-electron chi connectivity index (χ1n) is 5.52. The van der Waals surface area contributed by atoms with Crippen LogP contribution in [0.2, 0.25) is 5.02 Å². The molecule has 3 rings (SSSR count). The summed E-state index contributed by atoms with van der Waals surface area (Å²) >= 11 is 6.13. The number of methoxy groups -OCH3 is 1. The summed E-state index contributed by atoms with van der Waals surface area (Å²) in [5, 5.41) is 1.60. The molecule has 1 heterocycles. The van der Waals surface area contributed by atoms with Crippen LogP contribution in [-0.4, -0.2) is 7.11 Å². The molecule has 0 amide bonds. The SMILES string of the molecule is COc1ccccc1-c1cc(Cl)cc2c[c]oc12. The first-order valence-corrected chi connectivity index (χ1v) is 5.90. The van der Waals surface area contributed by atoms with E-state index in [4.69, 9.17) is 20.8 Å². The molecule has 18 heavy (non-hydrogen) atoms. The summed E-state index contributed by atoms with van der Waals surface area (Å²) in [6, 6.07) is 13.3. The lowest BCUT2D eigenvalue weighted by molar-refractivity contribution is 0.416. The Morgan fingerprint density at radius 2 is 2.00 bits per heavy atom. The molecule has 89 valence electrons. The Hall–Kier alpha value is -1.93. The van der Waals surface area contributed by atoms with Gasteiger partial charge in [0.05, 0.1) is 7.11 Å². The number of ether oxygens (including phenoxy) is 1. The minimum absolute atomic E-state index is 0.665. The van der Waals surface area contributed by atoms with E-state index in [1.807, 2.05) is 36.4 Å². The molecule has 1 radical (unpaired) electrons. The largest absolute Gasteiger partial charge is 0.496 e. The fraction of sp³-hybridized carbons (Fsp3) is 0.0667. The van der Waals surface area contributed by atoms with Crippen LogP contribution in [0.3, 0.4) is 0 Å². The lowest BCUT2D eigenvalue weighted by Gasteiger charge is -2.09. The molecule has 3 aromatic rings. The quantitative estimate of drug-likeness (QED) is 0.671. The smallest absolute Gasteiger partial charge is 0.170 e. The fourth-order valence-electron chi connectivity index (χ4n) is 2.05. The van der Waals surface area contributed by atoms with Gasteiger partial charge < -0.3 is 9.15 Å². The Labute approximate surface area is 110 Å². The molecule has 0 bridgehead atoms. The zero-order valence-corrected chi connectivity index (χ0v) is 10.5. The van der Waals surface area contributed by atoms with Crippen LogP contribution < -0.4 is 4.74 Å². The van der Waals surface area contributed by atoms with Gasteiger partial charge in [0.2, 0.25) is 0 Å². The Balaban J connectivity index is 2.34. The predicted octanol–water partition coefficient (Wildman–Crippen LogP) is 4.56. The number of para-hydroxylation sites is 1. The maximum absolute atomic E-state index is 6.13. The van der Waals surface area contributed by atoms with Crippen molar-refractivity contribution in [1.82, 2.24) is 0 Å². The molecular formula is C15H10ClO2. The topological polar surface area (TPSA) is 22.4 Å². The fourth-order valence-corrected chi connectivity index (χ4v) is 2.28. The number of fused-ring (bicyclic) bond motifs is 1. The van der Waals surface area contributed by atoms with Gasteiger partial charge in [-0.1, -0.05) is 29.8 Å². The van der Waals surface area contributed by atoms with Crippen LogP contribution in [0.1, 0.15) is 0 Å². The number of halogens is 1. The third kappa shape index (κ3) is 1.75. The van der Waals surface area contributed by atoms with Crippen molar-refractivity contribution in [2.45, 2.75) is 0 Å². The Kier molecular flexibility index (Phi) is 2.73. The van der Waals surface area contributed by atoms with E-state index in [0.29, 0.717) is 5.02 Å². The van der Waals surface area contributed by atoms with Crippen molar-refractivity contribution in [3.63, 3.8) is 0 Å². The van der Waals surface area contributed by atoms with Gasteiger partial charge in [-0.15, -0.1) is 0 Å². The van der Waals surface area contributed by atoms with Crippen LogP contribution in [0.25, 0.3) is 22.1 Å². The summed E-state index contributed by atoms with van der Waals surface area (Å²) in [4.78, 5) is 0. The molecule has 2 nitrogen and oxygen atoms in total. The molecular weight excluding hydrogens is 248 g/mol. The normalized spacial score (nSPS) is 10.8. The van der Waals surface area contributed by atoms with Gasteiger partial charge in [0.15, 0.2) is 6.26 Å². The van der Waals surface area contributed by atoms with E-state index in [1.165, 1.54) is 0 Å². The number of hydrogen-bond acceptors (Lipinski definition) is 2. The van der Waals surface area contributed by atoms with Crippen LogP contribution in [0.5, 0.6) is 5.75 Å². The monoisotopic (exact) mass is 257 g/mol. The van der Waals surface area contributed by atoms with Crippen molar-refractivity contribution < 1.29 is 9.15 Å². The van der Waals surface area contributed by atoms with E-state index in [-0.39, 0.29) is 0 Å². The predicted molar refractivity (Wildman–Crippen MR) is 72.0 cm³/mol. The maximum Gasteiger partial charge on any atom is 0.170 e. The summed E-state index contributed by atoms with van der Waals surface area (Å²) in [5.74, 6) is 0.789. The molecule has 0 saturated heterocycles. The summed E-state index contributed by atoms with van der Waals surface area (Å²) in [7, 11) is 1.65. The van der Waals surface area contributed by atoms with Crippen molar-refractivity contribution in [1.29, 1.82) is 0 Å². The van der Waals surface area contributed by atoms with Gasteiger partial charge in [0, 0.05) is 21.5 Å². The first kappa shape index (κ1) is 11.2. The second-order valence-corrected chi connectivity index (χ2v) is 4.37. The second-order valence-electron chi connectivity index (χ2n) is 3.94. The number of rotatable bonds is 2. The van der Waals surface area contributed by atoms with Crippen molar-refractivity contribution in [2.24, 2.45) is 0 Å². The van der Waals surface area contributed by atoms with Crippen molar-refractivity contribution >= 4 is 22.6 Å². The third-order valence-electron chi connectivity index (χ3n) is 2.85. The van der Waals surface area contributed by atoms with Crippen LogP contribution in [-0.2, 0) is 0 Å². The minimum Gasteiger partial charge on any atom is -0.496 e. The molecule has 2 aromatic carbocycles. The Morgan fingerprint density at radius 1 is 1.17 bits per heavy atom. The average molecular weight is 258 g/mol. The van der Waals surface area contributed by atoms with Gasteiger partial charge in [-0.2, -0.15) is 0 Å². The van der Waals surface area contributed by atoms with Crippen LogP contribution in [0, 0.1) is 6.26 Å². The first-order chi connectivity index (χ1) is 8.79. The zero-order valence-electron chi connectivity index (χ0n) is 9.74. The van der Waals surface area contributed by atoms with E-state index in [0.717, 1.165) is 27.8 Å². The Bertz CT molecular complexity index is 701. The molecule has 0 N–H and O–H groups in total. The van der Waals surface area contributed by atoms with Gasteiger partial charge in [0.25, 0.3) is 0 Å². The van der Waals surface area contributed by atoms with Crippen molar-refractivity contribution in [2.75, 3.05) is 7.11 Å². The van der Waals surface area contributed by atoms with Gasteiger partial charge in [-0.3, -0.25) is 0 Å². The van der Waals surface area contributed by atoms with Gasteiger partial charge in [-0.05, 0) is 24.3 Å². The molecule has 1 aromatic heterocycles. The van der Waals surface area contributed by atoms with Crippen molar-refractivity contribution in [3.8, 4) is 16.9 Å². The van der Waals surface area contributed by atoms with Crippen LogP contribution >= 0.6 is 11.6 Å². The number of furan rings is 1. The molecule has 0 saturated carbocycles. The highest BCUT2D eigenvalue weighted by Gasteiger charge is 2.12. The summed E-state index contributed by atoms with van der Waals surface area (Å²) in [6.45, 7) is 0. The van der Waals surface area contributed by atoms with Crippen LogP contribution in [0.4, 0.5) is 0 Å².